The summed E-state index contributed by atoms with van der Waals surface area (Å²) in [5.41, 5.74) is 2.37. The summed E-state index contributed by atoms with van der Waals surface area (Å²) >= 11 is 0. The van der Waals surface area contributed by atoms with Gasteiger partial charge in [0, 0.05) is 12.1 Å². The van der Waals surface area contributed by atoms with E-state index in [-0.39, 0.29) is 45.4 Å². The molecule has 0 aliphatic carbocycles. The molecule has 13 heteroatoms. The van der Waals surface area contributed by atoms with Gasteiger partial charge in [-0.1, -0.05) is 17.3 Å². The van der Waals surface area contributed by atoms with Gasteiger partial charge < -0.3 is 16.3 Å². The van der Waals surface area contributed by atoms with Crippen LogP contribution in [0.15, 0.2) is 70.9 Å². The Balaban J connectivity index is 1.75. The summed E-state index contributed by atoms with van der Waals surface area (Å²) in [6, 6.07) is 15.7. The Morgan fingerprint density at radius 3 is 2.75 bits per heavy atom. The van der Waals surface area contributed by atoms with E-state index in [0.717, 1.165) is 0 Å². The van der Waals surface area contributed by atoms with Crippen molar-refractivity contribution in [2.75, 3.05) is 6.54 Å². The smallest absolute Gasteiger partial charge is 0.337 e. The van der Waals surface area contributed by atoms with Gasteiger partial charge in [-0.25, -0.2) is 19.3 Å². The van der Waals surface area contributed by atoms with Crippen LogP contribution in [0.25, 0.3) is 21.9 Å². The third kappa shape index (κ3) is 5.85. The number of amides is 1. The van der Waals surface area contributed by atoms with Crippen molar-refractivity contribution in [3.05, 3.63) is 94.6 Å². The third-order valence-corrected chi connectivity index (χ3v) is 5.50. The Labute approximate surface area is 227 Å². The highest BCUT2D eigenvalue weighted by atomic mass is 16.4. The molecule has 4 rings (SSSR count). The first-order valence-corrected chi connectivity index (χ1v) is 11.7. The zero-order valence-corrected chi connectivity index (χ0v) is 21.0. The van der Waals surface area contributed by atoms with Crippen molar-refractivity contribution in [3.8, 4) is 23.1 Å². The van der Waals surface area contributed by atoms with Crippen LogP contribution >= 0.6 is 0 Å². The van der Waals surface area contributed by atoms with Crippen LogP contribution < -0.4 is 11.2 Å². The second-order valence-electron chi connectivity index (χ2n) is 8.09. The fraction of sp³-hybridized carbons (Fsp3) is 0.0741. The number of nitrogens with one attached hydrogen (secondary N) is 1. The van der Waals surface area contributed by atoms with E-state index in [2.05, 4.69) is 35.6 Å². The lowest BCUT2D eigenvalue weighted by atomic mass is 10.1. The number of carbonyl (C=O) groups excluding carboxylic acids is 1. The second kappa shape index (κ2) is 11.9. The summed E-state index contributed by atoms with van der Waals surface area (Å²) in [6.07, 6.45) is 2.90. The second-order valence-corrected chi connectivity index (χ2v) is 8.09. The number of hydrazone groups is 1. The van der Waals surface area contributed by atoms with E-state index in [0.29, 0.717) is 23.6 Å². The number of aliphatic imine (C=N–C) groups is 1. The maximum absolute atomic E-state index is 12.7. The van der Waals surface area contributed by atoms with Gasteiger partial charge in [-0.15, -0.1) is 5.10 Å². The number of carbonyl (C=O) groups is 2. The standard InChI is InChI=1S/C27H20N10O3/c1-3-31-26(38)16-10-22(24(34-29)14-32-19-6-4-5-18(12-19)30-2)33-23(11-16)25-15-37(36-35-25)20-7-8-21(27(39)40)17(9-20)13-28/h4-12,14-15H,3,29H2,1H3,(H,31,38)(H,39,40)/b32-14?,34-24+. The highest BCUT2D eigenvalue weighted by Crippen LogP contribution is 2.22. The summed E-state index contributed by atoms with van der Waals surface area (Å²) in [5, 5.41) is 33.4. The average molecular weight is 533 g/mol. The number of pyridine rings is 1. The molecule has 0 aliphatic heterocycles. The predicted octanol–water partition coefficient (Wildman–Crippen LogP) is 3.26. The number of nitrogens with two attached hydrogens (primary N) is 1. The number of benzene rings is 2. The van der Waals surface area contributed by atoms with Crippen LogP contribution in [0.2, 0.25) is 0 Å². The summed E-state index contributed by atoms with van der Waals surface area (Å²) in [6.45, 7) is 9.35. The van der Waals surface area contributed by atoms with Gasteiger partial charge >= 0.3 is 5.97 Å². The zero-order chi connectivity index (χ0) is 28.6. The van der Waals surface area contributed by atoms with Gasteiger partial charge in [0.15, 0.2) is 5.69 Å². The molecule has 0 fully saturated rings. The maximum Gasteiger partial charge on any atom is 0.337 e. The Morgan fingerprint density at radius 1 is 1.23 bits per heavy atom. The normalized spacial score (nSPS) is 11.1. The van der Waals surface area contributed by atoms with Gasteiger partial charge in [-0.05, 0) is 49.4 Å². The summed E-state index contributed by atoms with van der Waals surface area (Å²) in [5.74, 6) is 4.07. The van der Waals surface area contributed by atoms with Crippen molar-refractivity contribution in [1.82, 2.24) is 25.3 Å². The van der Waals surface area contributed by atoms with E-state index in [4.69, 9.17) is 12.4 Å². The number of rotatable bonds is 8. The topological polar surface area (TPSA) is 189 Å². The van der Waals surface area contributed by atoms with E-state index >= 15 is 0 Å². The molecular formula is C27H20N10O3. The highest BCUT2D eigenvalue weighted by Gasteiger charge is 2.17. The Bertz CT molecular complexity index is 1760. The van der Waals surface area contributed by atoms with Crippen LogP contribution in [-0.2, 0) is 0 Å². The van der Waals surface area contributed by atoms with Crippen LogP contribution in [0.3, 0.4) is 0 Å². The number of carboxylic acids is 1. The summed E-state index contributed by atoms with van der Waals surface area (Å²) < 4.78 is 1.35. The maximum atomic E-state index is 12.7. The Morgan fingerprint density at radius 2 is 2.05 bits per heavy atom. The van der Waals surface area contributed by atoms with Crippen molar-refractivity contribution < 1.29 is 14.7 Å². The molecule has 4 N–H and O–H groups in total. The molecule has 1 amide bonds. The first-order chi connectivity index (χ1) is 19.4. The van der Waals surface area contributed by atoms with Gasteiger partial charge in [-0.2, -0.15) is 10.4 Å². The average Bonchev–Trinajstić information content (AvgIpc) is 3.48. The van der Waals surface area contributed by atoms with E-state index in [1.807, 2.05) is 6.07 Å². The third-order valence-electron chi connectivity index (χ3n) is 5.50. The van der Waals surface area contributed by atoms with E-state index in [1.165, 1.54) is 47.4 Å². The van der Waals surface area contributed by atoms with Gasteiger partial charge in [0.05, 0.1) is 52.9 Å². The number of carboxylic acid groups (broad SMARTS) is 1. The molecule has 0 unspecified atom stereocenters. The lowest BCUT2D eigenvalue weighted by molar-refractivity contribution is 0.0696. The van der Waals surface area contributed by atoms with Crippen LogP contribution in [0.1, 0.15) is 38.9 Å². The zero-order valence-electron chi connectivity index (χ0n) is 21.0. The highest BCUT2D eigenvalue weighted by molar-refractivity contribution is 6.38. The molecule has 2 aromatic carbocycles. The Kier molecular flexibility index (Phi) is 7.98. The fourth-order valence-corrected chi connectivity index (χ4v) is 3.59. The van der Waals surface area contributed by atoms with Gasteiger partial charge in [0.25, 0.3) is 5.91 Å². The fourth-order valence-electron chi connectivity index (χ4n) is 3.59. The lowest BCUT2D eigenvalue weighted by Gasteiger charge is -2.08. The molecule has 0 saturated heterocycles. The minimum Gasteiger partial charge on any atom is -0.478 e. The molecule has 0 atom stereocenters. The van der Waals surface area contributed by atoms with E-state index < -0.39 is 5.97 Å². The molecule has 40 heavy (non-hydrogen) atoms. The van der Waals surface area contributed by atoms with Gasteiger partial charge in [-0.3, -0.25) is 9.79 Å². The van der Waals surface area contributed by atoms with E-state index in [9.17, 15) is 20.0 Å². The molecule has 13 nitrogen and oxygen atoms in total. The van der Waals surface area contributed by atoms with Crippen molar-refractivity contribution in [3.63, 3.8) is 0 Å². The predicted molar refractivity (Wildman–Crippen MR) is 146 cm³/mol. The number of nitriles is 1. The number of hydrogen-bond acceptors (Lipinski definition) is 9. The number of aromatic nitrogens is 4. The first-order valence-electron chi connectivity index (χ1n) is 11.7. The number of nitrogens with zero attached hydrogens (tertiary/aromatic N) is 8. The molecule has 0 spiro atoms. The minimum atomic E-state index is -1.22. The van der Waals surface area contributed by atoms with Gasteiger partial charge in [0.2, 0.25) is 0 Å². The summed E-state index contributed by atoms with van der Waals surface area (Å²) in [7, 11) is 0. The van der Waals surface area contributed by atoms with Gasteiger partial charge in [0.1, 0.15) is 17.5 Å². The first kappa shape index (κ1) is 26.8. The molecular weight excluding hydrogens is 512 g/mol. The molecule has 0 bridgehead atoms. The number of hydrogen-bond donors (Lipinski definition) is 3. The number of aromatic carboxylic acids is 1. The molecule has 4 aromatic rings. The molecule has 2 aromatic heterocycles. The monoisotopic (exact) mass is 532 g/mol. The van der Waals surface area contributed by atoms with Crippen molar-refractivity contribution in [1.29, 1.82) is 5.26 Å². The van der Waals surface area contributed by atoms with Crippen LogP contribution in [0.4, 0.5) is 11.4 Å². The van der Waals surface area contributed by atoms with E-state index in [1.54, 1.807) is 31.2 Å². The van der Waals surface area contributed by atoms with Crippen molar-refractivity contribution >= 4 is 35.2 Å². The molecule has 2 heterocycles. The molecule has 0 radical (unpaired) electrons. The quantitative estimate of drug-likeness (QED) is 0.133. The SMILES string of the molecule is [C-]#[N+]c1cccc(N=C/C(=N\N)c2cc(C(=O)NCC)cc(-c3cn(-c4ccc(C(=O)O)c(C#N)c4)nn3)n2)c1. The van der Waals surface area contributed by atoms with Crippen molar-refractivity contribution in [2.24, 2.45) is 15.9 Å². The largest absolute Gasteiger partial charge is 0.478 e. The molecule has 0 saturated carbocycles. The van der Waals surface area contributed by atoms with Crippen molar-refractivity contribution in [2.45, 2.75) is 6.92 Å². The minimum absolute atomic E-state index is 0.0364. The van der Waals surface area contributed by atoms with Crippen LogP contribution in [0, 0.1) is 17.9 Å². The lowest BCUT2D eigenvalue weighted by Crippen LogP contribution is -2.23. The van der Waals surface area contributed by atoms with Crippen LogP contribution in [-0.4, -0.2) is 55.4 Å². The van der Waals surface area contributed by atoms with Crippen LogP contribution in [0.5, 0.6) is 0 Å². The molecule has 196 valence electrons. The summed E-state index contributed by atoms with van der Waals surface area (Å²) in [4.78, 5) is 36.4. The molecule has 0 aliphatic rings. The Hall–Kier alpha value is -6.21.